The third-order valence-corrected chi connectivity index (χ3v) is 4.45. The van der Waals surface area contributed by atoms with E-state index in [1.54, 1.807) is 36.3 Å². The van der Waals surface area contributed by atoms with Crippen LogP contribution in [-0.2, 0) is 12.8 Å². The molecule has 0 atom stereocenters. The van der Waals surface area contributed by atoms with Crippen LogP contribution in [0.4, 0.5) is 0 Å². The first-order chi connectivity index (χ1) is 11.1. The van der Waals surface area contributed by atoms with E-state index in [1.807, 2.05) is 35.9 Å². The minimum absolute atomic E-state index is 0.418. The number of aromatic nitrogens is 4. The molecule has 2 heterocycles. The second kappa shape index (κ2) is 6.62. The Morgan fingerprint density at radius 2 is 2.00 bits per heavy atom. The maximum absolute atomic E-state index is 11.1. The van der Waals surface area contributed by atoms with Crippen LogP contribution in [0.15, 0.2) is 53.9 Å². The molecule has 0 radical (unpaired) electrons. The summed E-state index contributed by atoms with van der Waals surface area (Å²) in [5.41, 5.74) is 7.77. The number of carbonyl (C=O) groups is 1. The number of thioether (sulfide) groups is 1. The molecule has 2 N–H and O–H groups in total. The zero-order valence-electron chi connectivity index (χ0n) is 12.5. The molecule has 3 aromatic rings. The van der Waals surface area contributed by atoms with Crippen molar-refractivity contribution in [2.24, 2.45) is 12.8 Å². The lowest BCUT2D eigenvalue weighted by molar-refractivity contribution is 0.100. The van der Waals surface area contributed by atoms with Crippen molar-refractivity contribution in [3.8, 4) is 11.4 Å². The van der Waals surface area contributed by atoms with Gasteiger partial charge in [0.05, 0.1) is 0 Å². The number of nitrogens with two attached hydrogens (primary N) is 1. The van der Waals surface area contributed by atoms with E-state index in [9.17, 15) is 4.79 Å². The van der Waals surface area contributed by atoms with Crippen LogP contribution in [0.25, 0.3) is 11.4 Å². The molecule has 0 aliphatic rings. The fourth-order valence-electron chi connectivity index (χ4n) is 2.10. The summed E-state index contributed by atoms with van der Waals surface area (Å²) in [6, 6.07) is 11.1. The Labute approximate surface area is 137 Å². The maximum Gasteiger partial charge on any atom is 0.248 e. The molecule has 0 unspecified atom stereocenters. The molecule has 0 fully saturated rings. The van der Waals surface area contributed by atoms with Crippen molar-refractivity contribution in [1.82, 2.24) is 19.7 Å². The number of hydrogen-bond acceptors (Lipinski definition) is 5. The fourth-order valence-corrected chi connectivity index (χ4v) is 2.97. The van der Waals surface area contributed by atoms with Gasteiger partial charge in [0.2, 0.25) is 5.91 Å². The van der Waals surface area contributed by atoms with Gasteiger partial charge in [0.15, 0.2) is 11.0 Å². The van der Waals surface area contributed by atoms with Crippen LogP contribution in [0.3, 0.4) is 0 Å². The first-order valence-corrected chi connectivity index (χ1v) is 7.95. The number of nitrogens with zero attached hydrogens (tertiary/aromatic N) is 4. The quantitative estimate of drug-likeness (QED) is 0.727. The van der Waals surface area contributed by atoms with Crippen molar-refractivity contribution >= 4 is 17.7 Å². The predicted molar refractivity (Wildman–Crippen MR) is 88.8 cm³/mol. The van der Waals surface area contributed by atoms with Gasteiger partial charge in [-0.05, 0) is 29.8 Å². The zero-order chi connectivity index (χ0) is 16.2. The number of pyridine rings is 1. The Morgan fingerprint density at radius 3 is 2.65 bits per heavy atom. The summed E-state index contributed by atoms with van der Waals surface area (Å²) in [5.74, 6) is 1.10. The molecule has 116 valence electrons. The number of hydrogen-bond donors (Lipinski definition) is 1. The van der Waals surface area contributed by atoms with Crippen LogP contribution in [0.5, 0.6) is 0 Å². The summed E-state index contributed by atoms with van der Waals surface area (Å²) in [5, 5.41) is 9.28. The van der Waals surface area contributed by atoms with E-state index in [0.717, 1.165) is 27.9 Å². The largest absolute Gasteiger partial charge is 0.366 e. The van der Waals surface area contributed by atoms with Gasteiger partial charge in [-0.15, -0.1) is 10.2 Å². The normalized spacial score (nSPS) is 10.7. The lowest BCUT2D eigenvalue weighted by atomic mass is 10.1. The molecule has 0 aliphatic carbocycles. The summed E-state index contributed by atoms with van der Waals surface area (Å²) in [4.78, 5) is 15.2. The number of carbonyl (C=O) groups excluding carboxylic acids is 1. The van der Waals surface area contributed by atoms with Crippen LogP contribution in [-0.4, -0.2) is 25.7 Å². The van der Waals surface area contributed by atoms with Crippen LogP contribution in [0.1, 0.15) is 15.9 Å². The Balaban J connectivity index is 1.72. The van der Waals surface area contributed by atoms with Crippen LogP contribution in [0.2, 0.25) is 0 Å². The van der Waals surface area contributed by atoms with E-state index >= 15 is 0 Å². The highest BCUT2D eigenvalue weighted by Gasteiger charge is 2.11. The molecule has 0 saturated heterocycles. The van der Waals surface area contributed by atoms with Gasteiger partial charge in [-0.3, -0.25) is 9.78 Å². The lowest BCUT2D eigenvalue weighted by Crippen LogP contribution is -2.10. The molecule has 0 spiro atoms. The molecule has 0 bridgehead atoms. The molecule has 0 aliphatic heterocycles. The lowest BCUT2D eigenvalue weighted by Gasteiger charge is -2.04. The van der Waals surface area contributed by atoms with Crippen molar-refractivity contribution in [3.05, 3.63) is 59.9 Å². The van der Waals surface area contributed by atoms with Gasteiger partial charge in [-0.2, -0.15) is 0 Å². The second-order valence-corrected chi connectivity index (χ2v) is 5.90. The van der Waals surface area contributed by atoms with Crippen molar-refractivity contribution in [2.45, 2.75) is 10.9 Å². The first-order valence-electron chi connectivity index (χ1n) is 6.96. The molecular formula is C16H15N5OS. The minimum Gasteiger partial charge on any atom is -0.366 e. The highest BCUT2D eigenvalue weighted by atomic mass is 32.2. The summed E-state index contributed by atoms with van der Waals surface area (Å²) < 4.78 is 1.94. The Morgan fingerprint density at radius 1 is 1.22 bits per heavy atom. The van der Waals surface area contributed by atoms with Gasteiger partial charge in [0, 0.05) is 36.3 Å². The smallest absolute Gasteiger partial charge is 0.248 e. The number of benzene rings is 1. The zero-order valence-corrected chi connectivity index (χ0v) is 13.3. The summed E-state index contributed by atoms with van der Waals surface area (Å²) >= 11 is 1.58. The van der Waals surface area contributed by atoms with Crippen molar-refractivity contribution in [3.63, 3.8) is 0 Å². The van der Waals surface area contributed by atoms with Gasteiger partial charge in [-0.1, -0.05) is 23.9 Å². The average molecular weight is 325 g/mol. The van der Waals surface area contributed by atoms with Crippen LogP contribution in [0, 0.1) is 0 Å². The SMILES string of the molecule is Cn1c(SCc2ccc(C(N)=O)cc2)nnc1-c1cccnc1. The molecule has 0 saturated carbocycles. The maximum atomic E-state index is 11.1. The topological polar surface area (TPSA) is 86.7 Å². The molecular weight excluding hydrogens is 310 g/mol. The third kappa shape index (κ3) is 3.40. The Bertz CT molecular complexity index is 814. The molecule has 2 aromatic heterocycles. The van der Waals surface area contributed by atoms with Crippen molar-refractivity contribution in [1.29, 1.82) is 0 Å². The summed E-state index contributed by atoms with van der Waals surface area (Å²) in [6.07, 6.45) is 3.49. The molecule has 1 amide bonds. The Kier molecular flexibility index (Phi) is 4.38. The van der Waals surface area contributed by atoms with Crippen LogP contribution >= 0.6 is 11.8 Å². The molecule has 1 aromatic carbocycles. The first kappa shape index (κ1) is 15.2. The fraction of sp³-hybridized carbons (Fsp3) is 0.125. The molecule has 23 heavy (non-hydrogen) atoms. The van der Waals surface area contributed by atoms with E-state index in [4.69, 9.17) is 5.73 Å². The average Bonchev–Trinajstić information content (AvgIpc) is 2.95. The van der Waals surface area contributed by atoms with Crippen molar-refractivity contribution in [2.75, 3.05) is 0 Å². The van der Waals surface area contributed by atoms with Crippen molar-refractivity contribution < 1.29 is 4.79 Å². The summed E-state index contributed by atoms with van der Waals surface area (Å²) in [6.45, 7) is 0. The van der Waals surface area contributed by atoms with E-state index in [2.05, 4.69) is 15.2 Å². The highest BCUT2D eigenvalue weighted by molar-refractivity contribution is 7.98. The number of rotatable bonds is 5. The second-order valence-electron chi connectivity index (χ2n) is 4.96. The molecule has 3 rings (SSSR count). The number of primary amides is 1. The van der Waals surface area contributed by atoms with E-state index in [1.165, 1.54) is 0 Å². The van der Waals surface area contributed by atoms with Gasteiger partial charge in [0.1, 0.15) is 0 Å². The minimum atomic E-state index is -0.418. The van der Waals surface area contributed by atoms with E-state index < -0.39 is 5.91 Å². The van der Waals surface area contributed by atoms with E-state index in [0.29, 0.717) is 5.56 Å². The predicted octanol–water partition coefficient (Wildman–Crippen LogP) is 2.27. The highest BCUT2D eigenvalue weighted by Crippen LogP contribution is 2.24. The van der Waals surface area contributed by atoms with Gasteiger partial charge >= 0.3 is 0 Å². The standard InChI is InChI=1S/C16H15N5OS/c1-21-15(13-3-2-8-18-9-13)19-20-16(21)23-10-11-4-6-12(7-5-11)14(17)22/h2-9H,10H2,1H3,(H2,17,22). The Hall–Kier alpha value is -2.67. The monoisotopic (exact) mass is 325 g/mol. The number of amides is 1. The molecule has 6 nitrogen and oxygen atoms in total. The van der Waals surface area contributed by atoms with Gasteiger partial charge in [0.25, 0.3) is 0 Å². The van der Waals surface area contributed by atoms with Crippen LogP contribution < -0.4 is 5.73 Å². The molecule has 7 heteroatoms. The third-order valence-electron chi connectivity index (χ3n) is 3.36. The van der Waals surface area contributed by atoms with Gasteiger partial charge < -0.3 is 10.3 Å². The van der Waals surface area contributed by atoms with Gasteiger partial charge in [-0.25, -0.2) is 0 Å². The van der Waals surface area contributed by atoms with E-state index in [-0.39, 0.29) is 0 Å². The summed E-state index contributed by atoms with van der Waals surface area (Å²) in [7, 11) is 1.93.